The average Bonchev–Trinajstić information content (AvgIpc) is 3.08. The van der Waals surface area contributed by atoms with E-state index in [0.717, 1.165) is 36.6 Å². The van der Waals surface area contributed by atoms with Crippen molar-refractivity contribution >= 4 is 29.3 Å². The first-order valence-corrected chi connectivity index (χ1v) is 9.80. The quantitative estimate of drug-likeness (QED) is 0.872. The number of carbonyl (C=O) groups is 2. The van der Waals surface area contributed by atoms with E-state index < -0.39 is 0 Å². The van der Waals surface area contributed by atoms with Gasteiger partial charge in [0.1, 0.15) is 0 Å². The van der Waals surface area contributed by atoms with Gasteiger partial charge in [-0.15, -0.1) is 11.8 Å². The SMILES string of the molecule is O=C1CSc2ccc(C(=O)NC3CCN(Cc4ccccc4)C3)cc2N1. The molecule has 1 fully saturated rings. The van der Waals surface area contributed by atoms with Gasteiger partial charge in [-0.2, -0.15) is 0 Å². The van der Waals surface area contributed by atoms with Crippen molar-refractivity contribution in [2.24, 2.45) is 0 Å². The minimum absolute atomic E-state index is 0.0209. The monoisotopic (exact) mass is 367 g/mol. The molecule has 0 bridgehead atoms. The normalized spacial score (nSPS) is 19.7. The molecule has 0 spiro atoms. The summed E-state index contributed by atoms with van der Waals surface area (Å²) in [6, 6.07) is 16.1. The molecule has 26 heavy (non-hydrogen) atoms. The first-order valence-electron chi connectivity index (χ1n) is 8.81. The second-order valence-electron chi connectivity index (χ2n) is 6.73. The molecule has 4 rings (SSSR count). The molecule has 0 radical (unpaired) electrons. The van der Waals surface area contributed by atoms with Crippen LogP contribution in [-0.4, -0.2) is 41.6 Å². The second-order valence-corrected chi connectivity index (χ2v) is 7.74. The standard InChI is InChI=1S/C20H21N3O2S/c24-19-13-26-18-7-6-15(10-17(18)22-19)20(25)21-16-8-9-23(12-16)11-14-4-2-1-3-5-14/h1-7,10,16H,8-9,11-13H2,(H,21,25)(H,22,24). The molecule has 2 aromatic rings. The zero-order chi connectivity index (χ0) is 17.9. The van der Waals surface area contributed by atoms with Crippen LogP contribution in [0.3, 0.4) is 0 Å². The summed E-state index contributed by atoms with van der Waals surface area (Å²) >= 11 is 1.50. The molecule has 2 aliphatic rings. The molecule has 0 saturated carbocycles. The number of carbonyl (C=O) groups excluding carboxylic acids is 2. The molecule has 2 aromatic carbocycles. The van der Waals surface area contributed by atoms with E-state index in [2.05, 4.69) is 39.8 Å². The lowest BCUT2D eigenvalue weighted by atomic mass is 10.1. The third-order valence-electron chi connectivity index (χ3n) is 4.73. The second kappa shape index (κ2) is 7.51. The highest BCUT2D eigenvalue weighted by Crippen LogP contribution is 2.32. The molecule has 0 aliphatic carbocycles. The third kappa shape index (κ3) is 3.92. The van der Waals surface area contributed by atoms with E-state index in [4.69, 9.17) is 0 Å². The fourth-order valence-electron chi connectivity index (χ4n) is 3.43. The van der Waals surface area contributed by atoms with Crippen molar-refractivity contribution in [1.29, 1.82) is 0 Å². The summed E-state index contributed by atoms with van der Waals surface area (Å²) in [4.78, 5) is 27.5. The van der Waals surface area contributed by atoms with Gasteiger partial charge in [0, 0.05) is 36.1 Å². The summed E-state index contributed by atoms with van der Waals surface area (Å²) in [6.07, 6.45) is 0.954. The molecule has 1 saturated heterocycles. The number of hydrogen-bond donors (Lipinski definition) is 2. The van der Waals surface area contributed by atoms with Gasteiger partial charge in [-0.25, -0.2) is 0 Å². The van der Waals surface area contributed by atoms with Crippen molar-refractivity contribution < 1.29 is 9.59 Å². The number of hydrogen-bond acceptors (Lipinski definition) is 4. The Morgan fingerprint density at radius 1 is 1.23 bits per heavy atom. The number of rotatable bonds is 4. The fraction of sp³-hybridized carbons (Fsp3) is 0.300. The van der Waals surface area contributed by atoms with Gasteiger partial charge in [0.05, 0.1) is 11.4 Å². The first-order chi connectivity index (χ1) is 12.7. The summed E-state index contributed by atoms with van der Waals surface area (Å²) in [6.45, 7) is 2.75. The summed E-state index contributed by atoms with van der Waals surface area (Å²) < 4.78 is 0. The van der Waals surface area contributed by atoms with Crippen LogP contribution in [0, 0.1) is 0 Å². The van der Waals surface area contributed by atoms with E-state index >= 15 is 0 Å². The first kappa shape index (κ1) is 17.1. The van der Waals surface area contributed by atoms with E-state index in [1.165, 1.54) is 17.3 Å². The van der Waals surface area contributed by atoms with Gasteiger partial charge in [-0.3, -0.25) is 14.5 Å². The summed E-state index contributed by atoms with van der Waals surface area (Å²) in [5, 5.41) is 5.96. The van der Waals surface area contributed by atoms with Gasteiger partial charge in [0.2, 0.25) is 5.91 Å². The van der Waals surface area contributed by atoms with Crippen molar-refractivity contribution in [2.75, 3.05) is 24.2 Å². The minimum atomic E-state index is -0.0795. The Morgan fingerprint density at radius 2 is 2.08 bits per heavy atom. The Hall–Kier alpha value is -2.31. The molecule has 1 atom stereocenters. The number of nitrogens with zero attached hydrogens (tertiary/aromatic N) is 1. The van der Waals surface area contributed by atoms with E-state index in [9.17, 15) is 9.59 Å². The largest absolute Gasteiger partial charge is 0.348 e. The maximum absolute atomic E-state index is 12.6. The number of fused-ring (bicyclic) bond motifs is 1. The lowest BCUT2D eigenvalue weighted by Crippen LogP contribution is -2.37. The molecule has 2 amide bonds. The predicted molar refractivity (Wildman–Crippen MR) is 103 cm³/mol. The fourth-order valence-corrected chi connectivity index (χ4v) is 4.22. The van der Waals surface area contributed by atoms with Crippen LogP contribution in [0.2, 0.25) is 0 Å². The van der Waals surface area contributed by atoms with E-state index in [1.807, 2.05) is 18.2 Å². The van der Waals surface area contributed by atoms with Gasteiger partial charge in [-0.05, 0) is 30.2 Å². The molecular formula is C20H21N3O2S. The van der Waals surface area contributed by atoms with Crippen molar-refractivity contribution in [3.05, 3.63) is 59.7 Å². The maximum atomic E-state index is 12.6. The molecule has 2 N–H and O–H groups in total. The zero-order valence-corrected chi connectivity index (χ0v) is 15.2. The van der Waals surface area contributed by atoms with Gasteiger partial charge in [0.25, 0.3) is 5.91 Å². The Balaban J connectivity index is 1.35. The number of amides is 2. The van der Waals surface area contributed by atoms with Crippen LogP contribution in [-0.2, 0) is 11.3 Å². The average molecular weight is 367 g/mol. The van der Waals surface area contributed by atoms with E-state index in [1.54, 1.807) is 6.07 Å². The number of likely N-dealkylation sites (tertiary alicyclic amines) is 1. The highest BCUT2D eigenvalue weighted by molar-refractivity contribution is 8.00. The van der Waals surface area contributed by atoms with E-state index in [-0.39, 0.29) is 17.9 Å². The third-order valence-corrected chi connectivity index (χ3v) is 5.80. The lowest BCUT2D eigenvalue weighted by molar-refractivity contribution is -0.113. The Kier molecular flexibility index (Phi) is 4.95. The van der Waals surface area contributed by atoms with Crippen LogP contribution >= 0.6 is 11.8 Å². The van der Waals surface area contributed by atoms with Crippen LogP contribution in [0.1, 0.15) is 22.3 Å². The van der Waals surface area contributed by atoms with Crippen molar-refractivity contribution in [2.45, 2.75) is 23.9 Å². The van der Waals surface area contributed by atoms with Crippen LogP contribution in [0.5, 0.6) is 0 Å². The smallest absolute Gasteiger partial charge is 0.251 e. The minimum Gasteiger partial charge on any atom is -0.348 e. The van der Waals surface area contributed by atoms with Crippen molar-refractivity contribution in [3.63, 3.8) is 0 Å². The molecule has 0 aromatic heterocycles. The molecule has 134 valence electrons. The van der Waals surface area contributed by atoms with Crippen molar-refractivity contribution in [3.8, 4) is 0 Å². The number of thioether (sulfide) groups is 1. The Bertz CT molecular complexity index is 825. The molecule has 2 aliphatic heterocycles. The maximum Gasteiger partial charge on any atom is 0.251 e. The molecular weight excluding hydrogens is 346 g/mol. The zero-order valence-electron chi connectivity index (χ0n) is 14.4. The molecule has 2 heterocycles. The predicted octanol–water partition coefficient (Wildman–Crippen LogP) is 2.74. The number of anilines is 1. The van der Waals surface area contributed by atoms with Crippen LogP contribution in [0.25, 0.3) is 0 Å². The van der Waals surface area contributed by atoms with Gasteiger partial charge in [0.15, 0.2) is 0 Å². The topological polar surface area (TPSA) is 61.4 Å². The highest BCUT2D eigenvalue weighted by Gasteiger charge is 2.25. The summed E-state index contributed by atoms with van der Waals surface area (Å²) in [5.74, 6) is 0.328. The van der Waals surface area contributed by atoms with Gasteiger partial charge in [-0.1, -0.05) is 30.3 Å². The van der Waals surface area contributed by atoms with Gasteiger partial charge >= 0.3 is 0 Å². The van der Waals surface area contributed by atoms with Crippen molar-refractivity contribution in [1.82, 2.24) is 10.2 Å². The Labute approximate surface area is 157 Å². The Morgan fingerprint density at radius 3 is 2.92 bits per heavy atom. The van der Waals surface area contributed by atoms with Crippen LogP contribution < -0.4 is 10.6 Å². The van der Waals surface area contributed by atoms with Gasteiger partial charge < -0.3 is 10.6 Å². The summed E-state index contributed by atoms with van der Waals surface area (Å²) in [7, 11) is 0. The number of nitrogens with one attached hydrogen (secondary N) is 2. The molecule has 5 nitrogen and oxygen atoms in total. The van der Waals surface area contributed by atoms with E-state index in [0.29, 0.717) is 11.3 Å². The highest BCUT2D eigenvalue weighted by atomic mass is 32.2. The molecule has 1 unspecified atom stereocenters. The summed E-state index contributed by atoms with van der Waals surface area (Å²) in [5.41, 5.74) is 2.62. The number of benzene rings is 2. The molecule has 6 heteroatoms. The lowest BCUT2D eigenvalue weighted by Gasteiger charge is -2.18. The van der Waals surface area contributed by atoms with Crippen LogP contribution in [0.15, 0.2) is 53.4 Å². The van der Waals surface area contributed by atoms with Crippen LogP contribution in [0.4, 0.5) is 5.69 Å².